The van der Waals surface area contributed by atoms with Crippen molar-refractivity contribution in [2.24, 2.45) is 0 Å². The van der Waals surface area contributed by atoms with Gasteiger partial charge in [-0.3, -0.25) is 4.79 Å². The van der Waals surface area contributed by atoms with E-state index in [1.807, 2.05) is 19.1 Å². The summed E-state index contributed by atoms with van der Waals surface area (Å²) in [5, 5.41) is 0. The SMILES string of the molecule is C=CC(=O)c1ccc(Br)cc1C. The summed E-state index contributed by atoms with van der Waals surface area (Å²) in [6.07, 6.45) is 1.33. The van der Waals surface area contributed by atoms with Crippen molar-refractivity contribution in [2.75, 3.05) is 0 Å². The summed E-state index contributed by atoms with van der Waals surface area (Å²) in [6, 6.07) is 5.56. The lowest BCUT2D eigenvalue weighted by Gasteiger charge is -2.01. The van der Waals surface area contributed by atoms with Crippen LogP contribution in [0.1, 0.15) is 15.9 Å². The Bertz CT molecular complexity index is 329. The van der Waals surface area contributed by atoms with Gasteiger partial charge in [0.1, 0.15) is 0 Å². The molecule has 0 bridgehead atoms. The van der Waals surface area contributed by atoms with E-state index in [9.17, 15) is 4.79 Å². The molecule has 0 aromatic heterocycles. The molecule has 1 rings (SSSR count). The van der Waals surface area contributed by atoms with E-state index in [1.54, 1.807) is 6.07 Å². The Morgan fingerprint density at radius 2 is 2.25 bits per heavy atom. The van der Waals surface area contributed by atoms with Gasteiger partial charge in [-0.2, -0.15) is 0 Å². The Kier molecular flexibility index (Phi) is 2.82. The Hall–Kier alpha value is -0.890. The Labute approximate surface area is 80.2 Å². The second-order valence-electron chi connectivity index (χ2n) is 2.53. The van der Waals surface area contributed by atoms with Gasteiger partial charge >= 0.3 is 0 Å². The molecular formula is C10H9BrO. The van der Waals surface area contributed by atoms with Crippen LogP contribution in [0.4, 0.5) is 0 Å². The maximum absolute atomic E-state index is 11.2. The summed E-state index contributed by atoms with van der Waals surface area (Å²) in [4.78, 5) is 11.2. The first-order valence-corrected chi connectivity index (χ1v) is 4.37. The molecule has 1 nitrogen and oxygen atoms in total. The van der Waals surface area contributed by atoms with Crippen LogP contribution in [-0.2, 0) is 0 Å². The fraction of sp³-hybridized carbons (Fsp3) is 0.100. The van der Waals surface area contributed by atoms with Crippen molar-refractivity contribution in [1.82, 2.24) is 0 Å². The molecule has 0 saturated heterocycles. The molecule has 0 radical (unpaired) electrons. The van der Waals surface area contributed by atoms with Crippen LogP contribution in [0.3, 0.4) is 0 Å². The lowest BCUT2D eigenvalue weighted by Crippen LogP contribution is -1.96. The molecule has 0 atom stereocenters. The maximum Gasteiger partial charge on any atom is 0.185 e. The number of rotatable bonds is 2. The van der Waals surface area contributed by atoms with Gasteiger partial charge in [0.05, 0.1) is 0 Å². The first-order valence-electron chi connectivity index (χ1n) is 3.58. The van der Waals surface area contributed by atoms with E-state index < -0.39 is 0 Å². The van der Waals surface area contributed by atoms with Crippen LogP contribution in [0.25, 0.3) is 0 Å². The van der Waals surface area contributed by atoms with E-state index in [2.05, 4.69) is 22.5 Å². The van der Waals surface area contributed by atoms with Crippen molar-refractivity contribution in [3.8, 4) is 0 Å². The molecule has 0 amide bonds. The second-order valence-corrected chi connectivity index (χ2v) is 3.44. The summed E-state index contributed by atoms with van der Waals surface area (Å²) >= 11 is 3.33. The van der Waals surface area contributed by atoms with E-state index in [1.165, 1.54) is 6.08 Å². The van der Waals surface area contributed by atoms with E-state index in [0.717, 1.165) is 10.0 Å². The van der Waals surface area contributed by atoms with Gasteiger partial charge in [-0.25, -0.2) is 0 Å². The first kappa shape index (κ1) is 9.20. The number of carbonyl (C=O) groups is 1. The highest BCUT2D eigenvalue weighted by atomic mass is 79.9. The molecule has 0 spiro atoms. The number of aryl methyl sites for hydroxylation is 1. The fourth-order valence-corrected chi connectivity index (χ4v) is 1.49. The molecule has 0 aliphatic rings. The zero-order valence-electron chi connectivity index (χ0n) is 6.80. The molecule has 0 saturated carbocycles. The topological polar surface area (TPSA) is 17.1 Å². The van der Waals surface area contributed by atoms with Crippen molar-refractivity contribution in [3.63, 3.8) is 0 Å². The highest BCUT2D eigenvalue weighted by Crippen LogP contribution is 2.16. The molecule has 0 unspecified atom stereocenters. The quantitative estimate of drug-likeness (QED) is 0.558. The lowest BCUT2D eigenvalue weighted by molar-refractivity contribution is 0.104. The summed E-state index contributed by atoms with van der Waals surface area (Å²) in [6.45, 7) is 5.34. The van der Waals surface area contributed by atoms with E-state index in [-0.39, 0.29) is 5.78 Å². The monoisotopic (exact) mass is 224 g/mol. The fourth-order valence-electron chi connectivity index (χ4n) is 1.01. The van der Waals surface area contributed by atoms with Crippen LogP contribution in [-0.4, -0.2) is 5.78 Å². The van der Waals surface area contributed by atoms with Gasteiger partial charge in [0.15, 0.2) is 5.78 Å². The highest BCUT2D eigenvalue weighted by Gasteiger charge is 2.04. The van der Waals surface area contributed by atoms with Crippen molar-refractivity contribution >= 4 is 21.7 Å². The molecule has 0 aliphatic heterocycles. The second kappa shape index (κ2) is 3.68. The predicted molar refractivity (Wildman–Crippen MR) is 53.4 cm³/mol. The van der Waals surface area contributed by atoms with Crippen molar-refractivity contribution < 1.29 is 4.79 Å². The van der Waals surface area contributed by atoms with Gasteiger partial charge in [-0.05, 0) is 36.8 Å². The first-order chi connectivity index (χ1) is 5.65. The molecule has 0 fully saturated rings. The van der Waals surface area contributed by atoms with Gasteiger partial charge in [0.2, 0.25) is 0 Å². The Morgan fingerprint density at radius 1 is 1.58 bits per heavy atom. The number of benzene rings is 1. The number of carbonyl (C=O) groups excluding carboxylic acids is 1. The number of hydrogen-bond donors (Lipinski definition) is 0. The third kappa shape index (κ3) is 1.83. The molecule has 0 heterocycles. The third-order valence-corrected chi connectivity index (χ3v) is 2.13. The maximum atomic E-state index is 11.2. The van der Waals surface area contributed by atoms with Crippen LogP contribution in [0.5, 0.6) is 0 Å². The summed E-state index contributed by atoms with van der Waals surface area (Å²) in [5.74, 6) is -0.0278. The lowest BCUT2D eigenvalue weighted by atomic mass is 10.1. The van der Waals surface area contributed by atoms with Crippen molar-refractivity contribution in [1.29, 1.82) is 0 Å². The number of ketones is 1. The normalized spacial score (nSPS) is 9.50. The van der Waals surface area contributed by atoms with E-state index in [4.69, 9.17) is 0 Å². The minimum atomic E-state index is -0.0278. The molecule has 1 aromatic rings. The van der Waals surface area contributed by atoms with Crippen LogP contribution < -0.4 is 0 Å². The van der Waals surface area contributed by atoms with Crippen LogP contribution >= 0.6 is 15.9 Å². The van der Waals surface area contributed by atoms with Gasteiger partial charge in [0, 0.05) is 10.0 Å². The minimum Gasteiger partial charge on any atom is -0.289 e. The van der Waals surface area contributed by atoms with E-state index in [0.29, 0.717) is 5.56 Å². The smallest absolute Gasteiger partial charge is 0.185 e. The molecule has 12 heavy (non-hydrogen) atoms. The van der Waals surface area contributed by atoms with Crippen LogP contribution in [0, 0.1) is 6.92 Å². The molecular weight excluding hydrogens is 216 g/mol. The Balaban J connectivity index is 3.18. The minimum absolute atomic E-state index is 0.0278. The summed E-state index contributed by atoms with van der Waals surface area (Å²) < 4.78 is 0.987. The summed E-state index contributed by atoms with van der Waals surface area (Å²) in [5.41, 5.74) is 1.68. The highest BCUT2D eigenvalue weighted by molar-refractivity contribution is 9.10. The van der Waals surface area contributed by atoms with Gasteiger partial charge in [-0.15, -0.1) is 0 Å². The molecule has 2 heteroatoms. The zero-order valence-corrected chi connectivity index (χ0v) is 8.39. The number of hydrogen-bond acceptors (Lipinski definition) is 1. The van der Waals surface area contributed by atoms with Gasteiger partial charge < -0.3 is 0 Å². The average molecular weight is 225 g/mol. The molecule has 0 N–H and O–H groups in total. The average Bonchev–Trinajstić information content (AvgIpc) is 2.03. The molecule has 1 aromatic carbocycles. The van der Waals surface area contributed by atoms with Crippen molar-refractivity contribution in [3.05, 3.63) is 46.5 Å². The molecule has 0 aliphatic carbocycles. The molecule has 62 valence electrons. The van der Waals surface area contributed by atoms with E-state index >= 15 is 0 Å². The van der Waals surface area contributed by atoms with Gasteiger partial charge in [0.25, 0.3) is 0 Å². The number of halogens is 1. The summed E-state index contributed by atoms with van der Waals surface area (Å²) in [7, 11) is 0. The predicted octanol–water partition coefficient (Wildman–Crippen LogP) is 3.13. The Morgan fingerprint density at radius 3 is 2.75 bits per heavy atom. The zero-order chi connectivity index (χ0) is 9.14. The van der Waals surface area contributed by atoms with Crippen LogP contribution in [0.2, 0.25) is 0 Å². The van der Waals surface area contributed by atoms with Gasteiger partial charge in [-0.1, -0.05) is 22.5 Å². The third-order valence-electron chi connectivity index (χ3n) is 1.64. The standard InChI is InChI=1S/C10H9BrO/c1-3-10(12)9-5-4-8(11)6-7(9)2/h3-6H,1H2,2H3. The number of allylic oxidation sites excluding steroid dienone is 1. The van der Waals surface area contributed by atoms with Crippen molar-refractivity contribution in [2.45, 2.75) is 6.92 Å². The van der Waals surface area contributed by atoms with Crippen LogP contribution in [0.15, 0.2) is 35.3 Å². The largest absolute Gasteiger partial charge is 0.289 e.